The topological polar surface area (TPSA) is 54.9 Å². The maximum Gasteiger partial charge on any atom is 0.253 e. The first-order chi connectivity index (χ1) is 12.1. The minimum absolute atomic E-state index is 0.102. The smallest absolute Gasteiger partial charge is 0.253 e. The van der Waals surface area contributed by atoms with E-state index in [1.54, 1.807) is 6.20 Å². The Labute approximate surface area is 155 Å². The van der Waals surface area contributed by atoms with Crippen LogP contribution in [0.1, 0.15) is 21.6 Å². The summed E-state index contributed by atoms with van der Waals surface area (Å²) < 4.78 is 1.00. The van der Waals surface area contributed by atoms with E-state index < -0.39 is 0 Å². The largest absolute Gasteiger partial charge is 0.352 e. The van der Waals surface area contributed by atoms with Crippen LogP contribution in [0, 0.1) is 6.92 Å². The molecule has 0 saturated heterocycles. The van der Waals surface area contributed by atoms with Gasteiger partial charge in [-0.1, -0.05) is 34.1 Å². The third-order valence-electron chi connectivity index (χ3n) is 3.87. The maximum atomic E-state index is 12.4. The molecule has 0 bridgehead atoms. The fourth-order valence-electron chi connectivity index (χ4n) is 2.57. The molecule has 0 radical (unpaired) electrons. The van der Waals surface area contributed by atoms with E-state index in [1.165, 1.54) is 0 Å². The van der Waals surface area contributed by atoms with Crippen LogP contribution in [0.15, 0.2) is 65.4 Å². The fourth-order valence-corrected chi connectivity index (χ4v) is 2.97. The van der Waals surface area contributed by atoms with E-state index in [4.69, 9.17) is 0 Å². The average molecular weight is 396 g/mol. The third kappa shape index (κ3) is 4.51. The summed E-state index contributed by atoms with van der Waals surface area (Å²) >= 11 is 3.47. The molecule has 1 N–H and O–H groups in total. The summed E-state index contributed by atoms with van der Waals surface area (Å²) in [6.45, 7) is 2.43. The molecule has 0 aliphatic rings. The second kappa shape index (κ2) is 8.03. The van der Waals surface area contributed by atoms with Gasteiger partial charge in [0.05, 0.1) is 17.0 Å². The summed E-state index contributed by atoms with van der Waals surface area (Å²) in [4.78, 5) is 21.0. The van der Waals surface area contributed by atoms with Crippen LogP contribution in [-0.2, 0) is 6.42 Å². The number of rotatable bonds is 5. The van der Waals surface area contributed by atoms with Crippen molar-refractivity contribution in [2.75, 3.05) is 6.54 Å². The zero-order chi connectivity index (χ0) is 17.6. The van der Waals surface area contributed by atoms with Crippen molar-refractivity contribution in [1.29, 1.82) is 0 Å². The van der Waals surface area contributed by atoms with Crippen molar-refractivity contribution in [2.24, 2.45) is 0 Å². The molecule has 0 spiro atoms. The Morgan fingerprint density at radius 2 is 2.04 bits per heavy atom. The van der Waals surface area contributed by atoms with Crippen molar-refractivity contribution in [3.8, 4) is 11.3 Å². The molecule has 0 atom stereocenters. The first-order valence-electron chi connectivity index (χ1n) is 8.04. The van der Waals surface area contributed by atoms with Gasteiger partial charge in [0.15, 0.2) is 0 Å². The Balaban J connectivity index is 1.67. The zero-order valence-corrected chi connectivity index (χ0v) is 15.5. The predicted octanol–water partition coefficient (Wildman–Crippen LogP) is 4.19. The van der Waals surface area contributed by atoms with Gasteiger partial charge in [-0.2, -0.15) is 0 Å². The van der Waals surface area contributed by atoms with Gasteiger partial charge in [0.1, 0.15) is 0 Å². The Hall–Kier alpha value is -2.53. The van der Waals surface area contributed by atoms with Gasteiger partial charge in [0.25, 0.3) is 5.91 Å². The number of carbonyl (C=O) groups excluding carboxylic acids is 1. The highest BCUT2D eigenvalue weighted by molar-refractivity contribution is 9.10. The van der Waals surface area contributed by atoms with E-state index in [2.05, 4.69) is 31.2 Å². The quantitative estimate of drug-likeness (QED) is 0.704. The normalized spacial score (nSPS) is 10.5. The Bertz CT molecular complexity index is 881. The Morgan fingerprint density at radius 3 is 2.76 bits per heavy atom. The van der Waals surface area contributed by atoms with Crippen molar-refractivity contribution in [1.82, 2.24) is 15.3 Å². The highest BCUT2D eigenvalue weighted by atomic mass is 79.9. The molecular weight excluding hydrogens is 378 g/mol. The van der Waals surface area contributed by atoms with Gasteiger partial charge < -0.3 is 5.32 Å². The molecule has 126 valence electrons. The number of aryl methyl sites for hydroxylation is 1. The monoisotopic (exact) mass is 395 g/mol. The number of hydrogen-bond donors (Lipinski definition) is 1. The van der Waals surface area contributed by atoms with Gasteiger partial charge in [0.2, 0.25) is 0 Å². The molecule has 0 aliphatic heterocycles. The van der Waals surface area contributed by atoms with Crippen LogP contribution in [0.4, 0.5) is 0 Å². The van der Waals surface area contributed by atoms with E-state index in [-0.39, 0.29) is 5.91 Å². The van der Waals surface area contributed by atoms with Crippen LogP contribution in [-0.4, -0.2) is 22.4 Å². The molecule has 3 aromatic rings. The first kappa shape index (κ1) is 17.3. The van der Waals surface area contributed by atoms with Gasteiger partial charge in [-0.15, -0.1) is 0 Å². The molecule has 1 amide bonds. The fraction of sp³-hybridized carbons (Fsp3) is 0.150. The highest BCUT2D eigenvalue weighted by Gasteiger charge is 2.11. The van der Waals surface area contributed by atoms with Crippen LogP contribution >= 0.6 is 15.9 Å². The molecule has 0 unspecified atom stereocenters. The number of halogens is 1. The lowest BCUT2D eigenvalue weighted by Crippen LogP contribution is -2.26. The minimum atomic E-state index is -0.102. The second-order valence-electron chi connectivity index (χ2n) is 5.71. The molecule has 4 nitrogen and oxygen atoms in total. The van der Waals surface area contributed by atoms with E-state index in [0.29, 0.717) is 12.1 Å². The van der Waals surface area contributed by atoms with Crippen LogP contribution in [0.5, 0.6) is 0 Å². The number of carbonyl (C=O) groups is 1. The van der Waals surface area contributed by atoms with E-state index >= 15 is 0 Å². The summed E-state index contributed by atoms with van der Waals surface area (Å²) in [5.41, 5.74) is 4.29. The summed E-state index contributed by atoms with van der Waals surface area (Å²) in [6, 6.07) is 15.6. The zero-order valence-electron chi connectivity index (χ0n) is 13.9. The standard InChI is InChI=1S/C20H18BrN3O/c1-14-18(20(25)23-11-9-15-4-3-10-22-13-15)7-8-19(24-14)16-5-2-6-17(21)12-16/h2-8,10,12-13H,9,11H2,1H3,(H,23,25). The maximum absolute atomic E-state index is 12.4. The third-order valence-corrected chi connectivity index (χ3v) is 4.37. The van der Waals surface area contributed by atoms with Gasteiger partial charge in [-0.25, -0.2) is 0 Å². The molecule has 2 heterocycles. The lowest BCUT2D eigenvalue weighted by molar-refractivity contribution is 0.0953. The summed E-state index contributed by atoms with van der Waals surface area (Å²) in [7, 11) is 0. The van der Waals surface area contributed by atoms with Crippen LogP contribution in [0.3, 0.4) is 0 Å². The lowest BCUT2D eigenvalue weighted by Gasteiger charge is -2.09. The molecule has 1 aromatic carbocycles. The number of amides is 1. The van der Waals surface area contributed by atoms with Gasteiger partial charge in [0, 0.05) is 29.0 Å². The van der Waals surface area contributed by atoms with E-state index in [0.717, 1.165) is 33.4 Å². The SMILES string of the molecule is Cc1nc(-c2cccc(Br)c2)ccc1C(=O)NCCc1cccnc1. The van der Waals surface area contributed by atoms with Crippen molar-refractivity contribution < 1.29 is 4.79 Å². The van der Waals surface area contributed by atoms with Crippen molar-refractivity contribution >= 4 is 21.8 Å². The first-order valence-corrected chi connectivity index (χ1v) is 8.83. The summed E-state index contributed by atoms with van der Waals surface area (Å²) in [6.07, 6.45) is 4.30. The van der Waals surface area contributed by atoms with Gasteiger partial charge in [-0.3, -0.25) is 14.8 Å². The number of nitrogens with one attached hydrogen (secondary N) is 1. The number of pyridine rings is 2. The second-order valence-corrected chi connectivity index (χ2v) is 6.62. The number of nitrogens with zero attached hydrogens (tertiary/aromatic N) is 2. The lowest BCUT2D eigenvalue weighted by atomic mass is 10.1. The molecule has 25 heavy (non-hydrogen) atoms. The molecular formula is C20H18BrN3O. The minimum Gasteiger partial charge on any atom is -0.352 e. The molecule has 0 saturated carbocycles. The van der Waals surface area contributed by atoms with Gasteiger partial charge >= 0.3 is 0 Å². The average Bonchev–Trinajstić information content (AvgIpc) is 2.62. The van der Waals surface area contributed by atoms with Crippen LogP contribution in [0.2, 0.25) is 0 Å². The molecule has 0 aliphatic carbocycles. The highest BCUT2D eigenvalue weighted by Crippen LogP contribution is 2.22. The van der Waals surface area contributed by atoms with Crippen LogP contribution in [0.25, 0.3) is 11.3 Å². The molecule has 5 heteroatoms. The number of benzene rings is 1. The van der Waals surface area contributed by atoms with Gasteiger partial charge in [-0.05, 0) is 49.2 Å². The van der Waals surface area contributed by atoms with Crippen LogP contribution < -0.4 is 5.32 Å². The van der Waals surface area contributed by atoms with E-state index in [1.807, 2.05) is 61.7 Å². The summed E-state index contributed by atoms with van der Waals surface area (Å²) in [5.74, 6) is -0.102. The Kier molecular flexibility index (Phi) is 5.56. The van der Waals surface area contributed by atoms with Crippen molar-refractivity contribution in [3.63, 3.8) is 0 Å². The Morgan fingerprint density at radius 1 is 1.16 bits per heavy atom. The predicted molar refractivity (Wildman–Crippen MR) is 102 cm³/mol. The number of aromatic nitrogens is 2. The molecule has 3 rings (SSSR count). The molecule has 2 aromatic heterocycles. The number of hydrogen-bond acceptors (Lipinski definition) is 3. The van der Waals surface area contributed by atoms with Crippen molar-refractivity contribution in [2.45, 2.75) is 13.3 Å². The molecule has 0 fully saturated rings. The van der Waals surface area contributed by atoms with Crippen molar-refractivity contribution in [3.05, 3.63) is 82.2 Å². The summed E-state index contributed by atoms with van der Waals surface area (Å²) in [5, 5.41) is 2.94. The van der Waals surface area contributed by atoms with E-state index in [9.17, 15) is 4.79 Å².